The molecule has 4 rings (SSSR count). The van der Waals surface area contributed by atoms with Gasteiger partial charge < -0.3 is 15.0 Å². The van der Waals surface area contributed by atoms with E-state index in [1.54, 1.807) is 6.20 Å². The van der Waals surface area contributed by atoms with E-state index in [-0.39, 0.29) is 12.3 Å². The van der Waals surface area contributed by atoms with Gasteiger partial charge in [-0.3, -0.25) is 4.89 Å². The molecule has 0 bridgehead atoms. The summed E-state index contributed by atoms with van der Waals surface area (Å²) in [5, 5.41) is 4.17. The first-order valence-electron chi connectivity index (χ1n) is 11.4. The molecule has 10 heteroatoms. The largest absolute Gasteiger partial charge is 0.493 e. The van der Waals surface area contributed by atoms with Crippen LogP contribution in [0.2, 0.25) is 0 Å². The summed E-state index contributed by atoms with van der Waals surface area (Å²) in [5.41, 5.74) is 2.62. The van der Waals surface area contributed by atoms with Crippen LogP contribution in [0.5, 0.6) is 5.75 Å². The number of hydrogen-bond donors (Lipinski definition) is 2. The van der Waals surface area contributed by atoms with Crippen LogP contribution in [0.4, 0.5) is 5.82 Å². The Morgan fingerprint density at radius 1 is 1.08 bits per heavy atom. The molecule has 0 fully saturated rings. The number of anilines is 1. The summed E-state index contributed by atoms with van der Waals surface area (Å²) in [5.74, 6) is 0.395. The molecule has 0 aliphatic heterocycles. The lowest BCUT2D eigenvalue weighted by atomic mass is 9.88. The van der Waals surface area contributed by atoms with Crippen molar-refractivity contribution in [3.63, 3.8) is 0 Å². The summed E-state index contributed by atoms with van der Waals surface area (Å²) in [6, 6.07) is 20.9. The van der Waals surface area contributed by atoms with Gasteiger partial charge in [0.05, 0.1) is 19.3 Å². The van der Waals surface area contributed by atoms with Gasteiger partial charge in [0.1, 0.15) is 11.6 Å². The number of ether oxygens (including phenoxy) is 1. The summed E-state index contributed by atoms with van der Waals surface area (Å²) < 4.78 is 32.5. The fraction of sp³-hybridized carbons (Fsp3) is 0.231. The highest BCUT2D eigenvalue weighted by Crippen LogP contribution is 2.35. The van der Waals surface area contributed by atoms with E-state index >= 15 is 0 Å². The van der Waals surface area contributed by atoms with Crippen molar-refractivity contribution >= 4 is 32.8 Å². The topological polar surface area (TPSA) is 120 Å². The molecule has 2 heterocycles. The van der Waals surface area contributed by atoms with Crippen molar-refractivity contribution in [1.82, 2.24) is 9.97 Å². The molecule has 0 radical (unpaired) electrons. The molecule has 0 aliphatic rings. The number of carbonyl (C=O) groups excluding carboxylic acids is 1. The Kier molecular flexibility index (Phi) is 8.19. The fourth-order valence-corrected chi connectivity index (χ4v) is 4.04. The first-order chi connectivity index (χ1) is 17.4. The Labute approximate surface area is 209 Å². The number of nitrogens with one attached hydrogen (secondary N) is 2. The van der Waals surface area contributed by atoms with E-state index in [9.17, 15) is 13.2 Å². The number of benzene rings is 2. The number of rotatable bonds is 12. The Balaban J connectivity index is 1.43. The zero-order chi connectivity index (χ0) is 25.4. The Morgan fingerprint density at radius 2 is 1.89 bits per heavy atom. The number of aromatic nitrogens is 2. The average Bonchev–Trinajstić information content (AvgIpc) is 3.29. The summed E-state index contributed by atoms with van der Waals surface area (Å²) in [7, 11) is -3.91. The van der Waals surface area contributed by atoms with E-state index in [1.165, 1.54) is 0 Å². The standard InChI is InChI=1S/C26H27N3O6S/c1-36(31,32)35-34-26(30)17-22(19-8-3-2-4-9-19)23-18-29-24-16-20(11-12-21(23)24)33-15-7-14-28-25-10-5-6-13-27-25/h2-6,8-13,16,18,22,29H,7,14-15,17H2,1H3,(H,27,28)/t22-/m0/s1. The fourth-order valence-electron chi connectivity index (χ4n) is 3.84. The lowest BCUT2D eigenvalue weighted by Gasteiger charge is -2.16. The maximum atomic E-state index is 12.4. The molecule has 0 spiro atoms. The van der Waals surface area contributed by atoms with E-state index in [1.807, 2.05) is 72.9 Å². The van der Waals surface area contributed by atoms with Gasteiger partial charge in [0, 0.05) is 41.8 Å². The molecular weight excluding hydrogens is 482 g/mol. The van der Waals surface area contributed by atoms with E-state index in [4.69, 9.17) is 4.74 Å². The first-order valence-corrected chi connectivity index (χ1v) is 13.2. The summed E-state index contributed by atoms with van der Waals surface area (Å²) in [6.07, 6.45) is 5.10. The number of H-pyrrole nitrogens is 1. The molecule has 0 saturated heterocycles. The van der Waals surface area contributed by atoms with Gasteiger partial charge >= 0.3 is 5.97 Å². The van der Waals surface area contributed by atoms with Gasteiger partial charge in [-0.15, -0.1) is 0 Å². The maximum Gasteiger partial charge on any atom is 0.344 e. The van der Waals surface area contributed by atoms with Crippen LogP contribution in [0, 0.1) is 0 Å². The highest BCUT2D eigenvalue weighted by molar-refractivity contribution is 7.85. The van der Waals surface area contributed by atoms with Crippen molar-refractivity contribution < 1.29 is 27.2 Å². The normalized spacial score (nSPS) is 12.2. The minimum Gasteiger partial charge on any atom is -0.493 e. The van der Waals surface area contributed by atoms with Crippen LogP contribution in [0.15, 0.2) is 79.1 Å². The molecule has 1 atom stereocenters. The van der Waals surface area contributed by atoms with E-state index in [2.05, 4.69) is 24.5 Å². The smallest absolute Gasteiger partial charge is 0.344 e. The predicted octanol–water partition coefficient (Wildman–Crippen LogP) is 4.40. The van der Waals surface area contributed by atoms with Crippen molar-refractivity contribution in [3.8, 4) is 5.75 Å². The van der Waals surface area contributed by atoms with E-state index < -0.39 is 16.1 Å². The second kappa shape index (κ2) is 11.7. The zero-order valence-electron chi connectivity index (χ0n) is 19.7. The number of hydrogen-bond acceptors (Lipinski definition) is 8. The summed E-state index contributed by atoms with van der Waals surface area (Å²) in [4.78, 5) is 24.4. The van der Waals surface area contributed by atoms with Crippen molar-refractivity contribution in [1.29, 1.82) is 0 Å². The lowest BCUT2D eigenvalue weighted by molar-refractivity contribution is -0.211. The minimum atomic E-state index is -3.91. The third kappa shape index (κ3) is 7.06. The second-order valence-electron chi connectivity index (χ2n) is 8.19. The minimum absolute atomic E-state index is 0.103. The molecule has 2 aromatic carbocycles. The highest BCUT2D eigenvalue weighted by Gasteiger charge is 2.24. The number of nitrogens with zero attached hydrogens (tertiary/aromatic N) is 1. The van der Waals surface area contributed by atoms with E-state index in [0.29, 0.717) is 6.61 Å². The quantitative estimate of drug-likeness (QED) is 0.164. The van der Waals surface area contributed by atoms with Crippen LogP contribution in [-0.4, -0.2) is 43.8 Å². The Hall–Kier alpha value is -3.89. The maximum absolute atomic E-state index is 12.4. The van der Waals surface area contributed by atoms with Crippen molar-refractivity contribution in [2.45, 2.75) is 18.8 Å². The molecule has 9 nitrogen and oxygen atoms in total. The number of carbonyl (C=O) groups is 1. The van der Waals surface area contributed by atoms with Crippen molar-refractivity contribution in [3.05, 3.63) is 90.3 Å². The van der Waals surface area contributed by atoms with E-state index in [0.717, 1.165) is 52.8 Å². The number of pyridine rings is 1. The van der Waals surface area contributed by atoms with Gasteiger partial charge in [0.15, 0.2) is 0 Å². The Bertz CT molecular complexity index is 1390. The molecule has 4 aromatic rings. The van der Waals surface area contributed by atoms with Gasteiger partial charge in [0.2, 0.25) is 0 Å². The SMILES string of the molecule is CS(=O)(=O)OOC(=O)C[C@@H](c1ccccc1)c1c[nH]c2cc(OCCCNc3ccccn3)ccc12. The highest BCUT2D eigenvalue weighted by atomic mass is 32.2. The molecule has 2 aromatic heterocycles. The van der Waals surface area contributed by atoms with Crippen LogP contribution in [0.25, 0.3) is 10.9 Å². The number of fused-ring (bicyclic) bond motifs is 1. The summed E-state index contributed by atoms with van der Waals surface area (Å²) in [6.45, 7) is 1.28. The number of aromatic amines is 1. The van der Waals surface area contributed by atoms with Crippen LogP contribution in [0.3, 0.4) is 0 Å². The molecule has 0 unspecified atom stereocenters. The predicted molar refractivity (Wildman–Crippen MR) is 136 cm³/mol. The van der Waals surface area contributed by atoms with Crippen LogP contribution in [-0.2, 0) is 24.1 Å². The van der Waals surface area contributed by atoms with Gasteiger partial charge in [-0.05, 0) is 41.8 Å². The molecule has 0 saturated carbocycles. The first kappa shape index (κ1) is 25.2. The molecule has 36 heavy (non-hydrogen) atoms. The van der Waals surface area contributed by atoms with Crippen LogP contribution in [0.1, 0.15) is 29.9 Å². The Morgan fingerprint density at radius 3 is 2.64 bits per heavy atom. The van der Waals surface area contributed by atoms with Gasteiger partial charge in [-0.2, -0.15) is 8.42 Å². The van der Waals surface area contributed by atoms with Gasteiger partial charge in [-0.1, -0.05) is 40.7 Å². The molecule has 0 aliphatic carbocycles. The van der Waals surface area contributed by atoms with Crippen molar-refractivity contribution in [2.75, 3.05) is 24.7 Å². The van der Waals surface area contributed by atoms with Crippen LogP contribution >= 0.6 is 0 Å². The summed E-state index contributed by atoms with van der Waals surface area (Å²) >= 11 is 0. The van der Waals surface area contributed by atoms with Gasteiger partial charge in [0.25, 0.3) is 10.1 Å². The third-order valence-corrected chi connectivity index (χ3v) is 5.76. The third-order valence-electron chi connectivity index (χ3n) is 5.44. The molecule has 2 N–H and O–H groups in total. The average molecular weight is 510 g/mol. The molecular formula is C26H27N3O6S. The van der Waals surface area contributed by atoms with Crippen molar-refractivity contribution in [2.24, 2.45) is 0 Å². The molecule has 188 valence electrons. The second-order valence-corrected chi connectivity index (χ2v) is 9.73. The molecule has 0 amide bonds. The van der Waals surface area contributed by atoms with Gasteiger partial charge in [-0.25, -0.2) is 9.78 Å². The monoisotopic (exact) mass is 509 g/mol. The van der Waals surface area contributed by atoms with Crippen LogP contribution < -0.4 is 10.1 Å². The lowest BCUT2D eigenvalue weighted by Crippen LogP contribution is -2.14. The zero-order valence-corrected chi connectivity index (χ0v) is 20.5.